The van der Waals surface area contributed by atoms with E-state index in [4.69, 9.17) is 10.1 Å². The molecule has 0 amide bonds. The van der Waals surface area contributed by atoms with E-state index in [0.717, 1.165) is 12.8 Å². The molecule has 0 aromatic heterocycles. The van der Waals surface area contributed by atoms with Gasteiger partial charge < -0.3 is 4.74 Å². The lowest BCUT2D eigenvalue weighted by Crippen LogP contribution is -2.26. The molecule has 0 atom stereocenters. The molecule has 0 unspecified atom stereocenters. The molecule has 0 radical (unpaired) electrons. The molecule has 0 aliphatic heterocycles. The third kappa shape index (κ3) is 1.72. The zero-order valence-corrected chi connectivity index (χ0v) is 7.32. The molecule has 0 saturated carbocycles. The van der Waals surface area contributed by atoms with Gasteiger partial charge in [0.05, 0.1) is 7.11 Å². The quantitative estimate of drug-likeness (QED) is 0.477. The topological polar surface area (TPSA) is 33.1 Å². The van der Waals surface area contributed by atoms with E-state index < -0.39 is 0 Å². The Hall–Kier alpha value is -0.530. The molecule has 0 aliphatic rings. The molecular formula is C8H17NO. The summed E-state index contributed by atoms with van der Waals surface area (Å²) in [6.07, 6.45) is 1.94. The van der Waals surface area contributed by atoms with Gasteiger partial charge in [0.2, 0.25) is 0 Å². The van der Waals surface area contributed by atoms with E-state index in [1.165, 1.54) is 0 Å². The molecule has 0 aromatic carbocycles. The Morgan fingerprint density at radius 2 is 1.80 bits per heavy atom. The summed E-state index contributed by atoms with van der Waals surface area (Å²) >= 11 is 0. The van der Waals surface area contributed by atoms with Crippen LogP contribution >= 0.6 is 0 Å². The van der Waals surface area contributed by atoms with E-state index >= 15 is 0 Å². The maximum atomic E-state index is 7.47. The largest absolute Gasteiger partial charge is 0.484 e. The van der Waals surface area contributed by atoms with Gasteiger partial charge >= 0.3 is 0 Å². The molecule has 10 heavy (non-hydrogen) atoms. The van der Waals surface area contributed by atoms with Crippen molar-refractivity contribution in [1.29, 1.82) is 5.41 Å². The van der Waals surface area contributed by atoms with Crippen molar-refractivity contribution in [3.63, 3.8) is 0 Å². The van der Waals surface area contributed by atoms with Gasteiger partial charge in [-0.15, -0.1) is 0 Å². The van der Waals surface area contributed by atoms with Gasteiger partial charge in [-0.05, 0) is 12.8 Å². The Morgan fingerprint density at radius 3 is 1.90 bits per heavy atom. The number of hydrogen-bond acceptors (Lipinski definition) is 2. The van der Waals surface area contributed by atoms with Gasteiger partial charge in [-0.2, -0.15) is 0 Å². The summed E-state index contributed by atoms with van der Waals surface area (Å²) in [5, 5.41) is 7.47. The van der Waals surface area contributed by atoms with Crippen LogP contribution in [0.25, 0.3) is 0 Å². The number of rotatable bonds is 3. The highest BCUT2D eigenvalue weighted by atomic mass is 16.5. The van der Waals surface area contributed by atoms with Crippen LogP contribution in [0, 0.1) is 10.8 Å². The molecule has 2 nitrogen and oxygen atoms in total. The van der Waals surface area contributed by atoms with E-state index in [1.54, 1.807) is 7.11 Å². The summed E-state index contributed by atoms with van der Waals surface area (Å²) in [4.78, 5) is 0. The third-order valence-corrected chi connectivity index (χ3v) is 2.31. The minimum Gasteiger partial charge on any atom is -0.484 e. The van der Waals surface area contributed by atoms with E-state index in [1.807, 2.05) is 0 Å². The lowest BCUT2D eigenvalue weighted by Gasteiger charge is -2.25. The average Bonchev–Trinajstić information content (AvgIpc) is 2.01. The van der Waals surface area contributed by atoms with Crippen molar-refractivity contribution in [3.8, 4) is 0 Å². The predicted molar refractivity (Wildman–Crippen MR) is 43.4 cm³/mol. The van der Waals surface area contributed by atoms with Crippen LogP contribution in [0.5, 0.6) is 0 Å². The first-order chi connectivity index (χ1) is 4.60. The molecule has 1 N–H and O–H groups in total. The van der Waals surface area contributed by atoms with Gasteiger partial charge in [-0.3, -0.25) is 5.41 Å². The van der Waals surface area contributed by atoms with Gasteiger partial charge in [0.15, 0.2) is 5.90 Å². The smallest absolute Gasteiger partial charge is 0.186 e. The molecule has 0 aliphatic carbocycles. The first-order valence-corrected chi connectivity index (χ1v) is 3.73. The Balaban J connectivity index is 4.17. The van der Waals surface area contributed by atoms with Gasteiger partial charge in [-0.1, -0.05) is 20.8 Å². The molecule has 60 valence electrons. The van der Waals surface area contributed by atoms with Crippen LogP contribution in [0.15, 0.2) is 0 Å². The van der Waals surface area contributed by atoms with Crippen molar-refractivity contribution in [1.82, 2.24) is 0 Å². The van der Waals surface area contributed by atoms with Crippen LogP contribution in [-0.2, 0) is 4.74 Å². The Bertz CT molecular complexity index is 116. The van der Waals surface area contributed by atoms with Crippen LogP contribution < -0.4 is 0 Å². The van der Waals surface area contributed by atoms with Crippen LogP contribution in [0.1, 0.15) is 33.6 Å². The molecule has 2 heteroatoms. The first-order valence-electron chi connectivity index (χ1n) is 3.73. The second kappa shape index (κ2) is 3.59. The minimum atomic E-state index is -0.0469. The van der Waals surface area contributed by atoms with Gasteiger partial charge in [0, 0.05) is 5.41 Å². The summed E-state index contributed by atoms with van der Waals surface area (Å²) in [5.74, 6) is 0.400. The maximum Gasteiger partial charge on any atom is 0.186 e. The number of nitrogens with one attached hydrogen (secondary N) is 1. The highest BCUT2D eigenvalue weighted by molar-refractivity contribution is 5.78. The molecule has 0 rings (SSSR count). The highest BCUT2D eigenvalue weighted by Gasteiger charge is 2.26. The fourth-order valence-electron chi connectivity index (χ4n) is 0.818. The van der Waals surface area contributed by atoms with Crippen LogP contribution in [-0.4, -0.2) is 13.0 Å². The number of ether oxygens (including phenoxy) is 1. The van der Waals surface area contributed by atoms with Crippen LogP contribution in [0.4, 0.5) is 0 Å². The molecular weight excluding hydrogens is 126 g/mol. The minimum absolute atomic E-state index is 0.0469. The zero-order chi connectivity index (χ0) is 8.20. The van der Waals surface area contributed by atoms with Crippen molar-refractivity contribution in [2.75, 3.05) is 7.11 Å². The van der Waals surface area contributed by atoms with E-state index in [-0.39, 0.29) is 5.41 Å². The van der Waals surface area contributed by atoms with Crippen molar-refractivity contribution >= 4 is 5.90 Å². The maximum absolute atomic E-state index is 7.47. The lowest BCUT2D eigenvalue weighted by atomic mass is 9.84. The van der Waals surface area contributed by atoms with E-state index in [2.05, 4.69) is 20.8 Å². The Labute approximate surface area is 63.1 Å². The average molecular weight is 143 g/mol. The van der Waals surface area contributed by atoms with E-state index in [0.29, 0.717) is 5.90 Å². The third-order valence-electron chi connectivity index (χ3n) is 2.31. The predicted octanol–water partition coefficient (Wildman–Crippen LogP) is 2.44. The molecule has 0 heterocycles. The summed E-state index contributed by atoms with van der Waals surface area (Å²) < 4.78 is 4.88. The van der Waals surface area contributed by atoms with Crippen molar-refractivity contribution < 1.29 is 4.74 Å². The summed E-state index contributed by atoms with van der Waals surface area (Å²) in [5.41, 5.74) is -0.0469. The molecule has 0 aromatic rings. The monoisotopic (exact) mass is 143 g/mol. The van der Waals surface area contributed by atoms with Gasteiger partial charge in [0.1, 0.15) is 0 Å². The second-order valence-electron chi connectivity index (χ2n) is 2.80. The van der Waals surface area contributed by atoms with Gasteiger partial charge in [-0.25, -0.2) is 0 Å². The Morgan fingerprint density at radius 1 is 1.40 bits per heavy atom. The molecule has 0 fully saturated rings. The van der Waals surface area contributed by atoms with Gasteiger partial charge in [0.25, 0.3) is 0 Å². The number of hydrogen-bond donors (Lipinski definition) is 1. The molecule has 0 saturated heterocycles. The van der Waals surface area contributed by atoms with Crippen LogP contribution in [0.3, 0.4) is 0 Å². The first kappa shape index (κ1) is 9.47. The highest BCUT2D eigenvalue weighted by Crippen LogP contribution is 2.26. The Kier molecular flexibility index (Phi) is 3.40. The summed E-state index contributed by atoms with van der Waals surface area (Å²) in [6, 6.07) is 0. The van der Waals surface area contributed by atoms with E-state index in [9.17, 15) is 0 Å². The van der Waals surface area contributed by atoms with Crippen molar-refractivity contribution in [2.45, 2.75) is 33.6 Å². The van der Waals surface area contributed by atoms with Crippen molar-refractivity contribution in [3.05, 3.63) is 0 Å². The normalized spacial score (nSPS) is 11.2. The SMILES string of the molecule is CCC(C)(CC)C(=N)OC. The standard InChI is InChI=1S/C8H17NO/c1-5-8(3,6-2)7(9)10-4/h9H,5-6H2,1-4H3. The molecule has 0 bridgehead atoms. The van der Waals surface area contributed by atoms with Crippen molar-refractivity contribution in [2.24, 2.45) is 5.41 Å². The fourth-order valence-corrected chi connectivity index (χ4v) is 0.818. The lowest BCUT2D eigenvalue weighted by molar-refractivity contribution is 0.291. The zero-order valence-electron chi connectivity index (χ0n) is 7.32. The molecule has 0 spiro atoms. The second-order valence-corrected chi connectivity index (χ2v) is 2.80. The fraction of sp³-hybridized carbons (Fsp3) is 0.875. The van der Waals surface area contributed by atoms with Crippen LogP contribution in [0.2, 0.25) is 0 Å². The number of methoxy groups -OCH3 is 1. The summed E-state index contributed by atoms with van der Waals surface area (Å²) in [6.45, 7) is 6.22. The summed E-state index contributed by atoms with van der Waals surface area (Å²) in [7, 11) is 1.56.